The molecule has 1 aliphatic rings. The predicted molar refractivity (Wildman–Crippen MR) is 92.9 cm³/mol. The number of pyridine rings is 1. The number of aromatic nitrogens is 1. The normalized spacial score (nSPS) is 15.1. The summed E-state index contributed by atoms with van der Waals surface area (Å²) in [4.78, 5) is 7.46. The Labute approximate surface area is 133 Å². The third kappa shape index (κ3) is 2.99. The zero-order chi connectivity index (χ0) is 14.1. The van der Waals surface area contributed by atoms with Crippen molar-refractivity contribution >= 4 is 29.1 Å². The van der Waals surface area contributed by atoms with Crippen LogP contribution >= 0.6 is 12.4 Å². The van der Waals surface area contributed by atoms with E-state index in [-0.39, 0.29) is 12.4 Å². The number of benzene rings is 1. The molecule has 0 spiro atoms. The van der Waals surface area contributed by atoms with Crippen LogP contribution in [0.25, 0.3) is 10.9 Å². The topological polar surface area (TPSA) is 28.2 Å². The van der Waals surface area contributed by atoms with Crippen LogP contribution in [0.15, 0.2) is 18.2 Å². The Morgan fingerprint density at radius 3 is 2.48 bits per heavy atom. The van der Waals surface area contributed by atoms with Crippen LogP contribution in [-0.4, -0.2) is 31.2 Å². The Morgan fingerprint density at radius 1 is 1.14 bits per heavy atom. The molecule has 2 aromatic rings. The molecule has 2 heterocycles. The maximum atomic E-state index is 5.03. The Hall–Kier alpha value is -1.32. The molecule has 3 nitrogen and oxygen atoms in total. The van der Waals surface area contributed by atoms with Gasteiger partial charge in [0.1, 0.15) is 5.82 Å². The molecular weight excluding hydrogens is 282 g/mol. The van der Waals surface area contributed by atoms with Crippen molar-refractivity contribution in [2.75, 3.05) is 31.1 Å². The van der Waals surface area contributed by atoms with Gasteiger partial charge in [0.25, 0.3) is 0 Å². The minimum absolute atomic E-state index is 0. The SMILES string of the molecule is CCc1cc2c(C)ccc(C)c2nc1N1CCNCC1.Cl. The first-order valence-corrected chi connectivity index (χ1v) is 7.56. The molecule has 1 saturated heterocycles. The summed E-state index contributed by atoms with van der Waals surface area (Å²) in [7, 11) is 0. The average molecular weight is 306 g/mol. The maximum absolute atomic E-state index is 5.03. The highest BCUT2D eigenvalue weighted by Crippen LogP contribution is 2.28. The van der Waals surface area contributed by atoms with Crippen LogP contribution in [0.1, 0.15) is 23.6 Å². The number of fused-ring (bicyclic) bond motifs is 1. The van der Waals surface area contributed by atoms with E-state index in [9.17, 15) is 0 Å². The van der Waals surface area contributed by atoms with Crippen molar-refractivity contribution in [2.24, 2.45) is 0 Å². The lowest BCUT2D eigenvalue weighted by atomic mass is 10.0. The Morgan fingerprint density at radius 2 is 1.81 bits per heavy atom. The number of hydrogen-bond acceptors (Lipinski definition) is 3. The molecule has 1 aliphatic heterocycles. The van der Waals surface area contributed by atoms with E-state index in [4.69, 9.17) is 4.98 Å². The van der Waals surface area contributed by atoms with Gasteiger partial charge in [0, 0.05) is 31.6 Å². The number of rotatable bonds is 2. The van der Waals surface area contributed by atoms with E-state index in [1.165, 1.54) is 27.9 Å². The van der Waals surface area contributed by atoms with Crippen LogP contribution in [0.5, 0.6) is 0 Å². The monoisotopic (exact) mass is 305 g/mol. The molecule has 0 amide bonds. The standard InChI is InChI=1S/C17H23N3.ClH/c1-4-14-11-15-12(2)5-6-13(3)16(15)19-17(14)20-9-7-18-8-10-20;/h5-6,11,18H,4,7-10H2,1-3H3;1H. The van der Waals surface area contributed by atoms with E-state index in [2.05, 4.69) is 49.2 Å². The van der Waals surface area contributed by atoms with Crippen LogP contribution in [-0.2, 0) is 6.42 Å². The van der Waals surface area contributed by atoms with Crippen LogP contribution in [0.4, 0.5) is 5.82 Å². The summed E-state index contributed by atoms with van der Waals surface area (Å²) in [5.74, 6) is 1.19. The van der Waals surface area contributed by atoms with Crippen molar-refractivity contribution in [1.82, 2.24) is 10.3 Å². The molecule has 0 radical (unpaired) electrons. The first kappa shape index (κ1) is 16.1. The number of nitrogens with one attached hydrogen (secondary N) is 1. The second-order valence-electron chi connectivity index (χ2n) is 5.66. The zero-order valence-electron chi connectivity index (χ0n) is 13.1. The highest BCUT2D eigenvalue weighted by Gasteiger charge is 2.17. The van der Waals surface area contributed by atoms with Crippen LogP contribution in [0.3, 0.4) is 0 Å². The molecule has 114 valence electrons. The second-order valence-corrected chi connectivity index (χ2v) is 5.66. The fraction of sp³-hybridized carbons (Fsp3) is 0.471. The molecule has 1 aromatic carbocycles. The summed E-state index contributed by atoms with van der Waals surface area (Å²) in [5.41, 5.74) is 5.12. The summed E-state index contributed by atoms with van der Waals surface area (Å²) in [6.45, 7) is 10.8. The molecule has 4 heteroatoms. The van der Waals surface area contributed by atoms with Gasteiger partial charge < -0.3 is 10.2 Å². The highest BCUT2D eigenvalue weighted by molar-refractivity contribution is 5.87. The lowest BCUT2D eigenvalue weighted by Gasteiger charge is -2.30. The number of anilines is 1. The molecule has 0 aliphatic carbocycles. The summed E-state index contributed by atoms with van der Waals surface area (Å²) < 4.78 is 0. The zero-order valence-corrected chi connectivity index (χ0v) is 13.9. The van der Waals surface area contributed by atoms with Gasteiger partial charge in [-0.25, -0.2) is 4.98 Å². The molecular formula is C17H24ClN3. The van der Waals surface area contributed by atoms with Crippen LogP contribution in [0.2, 0.25) is 0 Å². The van der Waals surface area contributed by atoms with Gasteiger partial charge >= 0.3 is 0 Å². The van der Waals surface area contributed by atoms with Crippen molar-refractivity contribution in [3.8, 4) is 0 Å². The van der Waals surface area contributed by atoms with Gasteiger partial charge in [-0.05, 0) is 43.0 Å². The van der Waals surface area contributed by atoms with Crippen LogP contribution in [0, 0.1) is 13.8 Å². The summed E-state index contributed by atoms with van der Waals surface area (Å²) in [5, 5.41) is 4.72. The van der Waals surface area contributed by atoms with Gasteiger partial charge in [-0.3, -0.25) is 0 Å². The van der Waals surface area contributed by atoms with Crippen molar-refractivity contribution in [3.63, 3.8) is 0 Å². The molecule has 21 heavy (non-hydrogen) atoms. The molecule has 1 N–H and O–H groups in total. The predicted octanol–water partition coefficient (Wildman–Crippen LogP) is 3.25. The van der Waals surface area contributed by atoms with Gasteiger partial charge in [0.2, 0.25) is 0 Å². The van der Waals surface area contributed by atoms with Crippen molar-refractivity contribution in [3.05, 3.63) is 34.9 Å². The molecule has 1 fully saturated rings. The lowest BCUT2D eigenvalue weighted by Crippen LogP contribution is -2.44. The molecule has 1 aromatic heterocycles. The first-order chi connectivity index (χ1) is 9.70. The van der Waals surface area contributed by atoms with E-state index in [0.29, 0.717) is 0 Å². The van der Waals surface area contributed by atoms with E-state index >= 15 is 0 Å². The Kier molecular flexibility index (Phi) is 5.07. The minimum Gasteiger partial charge on any atom is -0.354 e. The fourth-order valence-corrected chi connectivity index (χ4v) is 2.98. The first-order valence-electron chi connectivity index (χ1n) is 7.56. The molecule has 0 saturated carbocycles. The number of aryl methyl sites for hydroxylation is 3. The van der Waals surface area contributed by atoms with E-state index < -0.39 is 0 Å². The van der Waals surface area contributed by atoms with Gasteiger partial charge in [0.05, 0.1) is 5.52 Å². The smallest absolute Gasteiger partial charge is 0.132 e. The maximum Gasteiger partial charge on any atom is 0.132 e. The Balaban J connectivity index is 0.00000161. The minimum atomic E-state index is 0. The van der Waals surface area contributed by atoms with Gasteiger partial charge in [-0.1, -0.05) is 19.1 Å². The average Bonchev–Trinajstić information content (AvgIpc) is 2.51. The van der Waals surface area contributed by atoms with E-state index in [1.54, 1.807) is 0 Å². The number of hydrogen-bond donors (Lipinski definition) is 1. The van der Waals surface area contributed by atoms with E-state index in [0.717, 1.165) is 38.1 Å². The summed E-state index contributed by atoms with van der Waals surface area (Å²) in [6, 6.07) is 6.73. The number of piperazine rings is 1. The van der Waals surface area contributed by atoms with E-state index in [1.807, 2.05) is 0 Å². The van der Waals surface area contributed by atoms with Gasteiger partial charge in [-0.15, -0.1) is 12.4 Å². The molecule has 0 unspecified atom stereocenters. The van der Waals surface area contributed by atoms with Crippen LogP contribution < -0.4 is 10.2 Å². The largest absolute Gasteiger partial charge is 0.354 e. The molecule has 0 atom stereocenters. The number of halogens is 1. The lowest BCUT2D eigenvalue weighted by molar-refractivity contribution is 0.584. The van der Waals surface area contributed by atoms with Crippen molar-refractivity contribution in [2.45, 2.75) is 27.2 Å². The highest BCUT2D eigenvalue weighted by atomic mass is 35.5. The molecule has 3 rings (SSSR count). The summed E-state index contributed by atoms with van der Waals surface area (Å²) in [6.07, 6.45) is 1.04. The molecule has 0 bridgehead atoms. The Bertz CT molecular complexity index is 633. The van der Waals surface area contributed by atoms with Gasteiger partial charge in [-0.2, -0.15) is 0 Å². The second kappa shape index (κ2) is 6.63. The quantitative estimate of drug-likeness (QED) is 0.923. The number of nitrogens with zero attached hydrogens (tertiary/aromatic N) is 2. The van der Waals surface area contributed by atoms with Crippen molar-refractivity contribution in [1.29, 1.82) is 0 Å². The van der Waals surface area contributed by atoms with Gasteiger partial charge in [0.15, 0.2) is 0 Å². The third-order valence-electron chi connectivity index (χ3n) is 4.26. The van der Waals surface area contributed by atoms with Crippen molar-refractivity contribution < 1.29 is 0 Å². The fourth-order valence-electron chi connectivity index (χ4n) is 2.98. The third-order valence-corrected chi connectivity index (χ3v) is 4.26. The summed E-state index contributed by atoms with van der Waals surface area (Å²) >= 11 is 0.